The summed E-state index contributed by atoms with van der Waals surface area (Å²) < 4.78 is 13.1. The van der Waals surface area contributed by atoms with E-state index in [1.54, 1.807) is 18.2 Å². The van der Waals surface area contributed by atoms with Crippen LogP contribution in [0.2, 0.25) is 0 Å². The normalized spacial score (nSPS) is 14.2. The Morgan fingerprint density at radius 1 is 1.03 bits per heavy atom. The molecule has 2 amide bonds. The number of halogens is 1. The lowest BCUT2D eigenvalue weighted by molar-refractivity contribution is -0.123. The summed E-state index contributed by atoms with van der Waals surface area (Å²) >= 11 is 10.1. The summed E-state index contributed by atoms with van der Waals surface area (Å²) in [6.45, 7) is 10.8. The average molecular weight is 626 g/mol. The highest BCUT2D eigenvalue weighted by Crippen LogP contribution is 2.40. The molecule has 9 heteroatoms. The molecule has 1 N–H and O–H groups in total. The second-order valence-corrected chi connectivity index (χ2v) is 11.7. The predicted octanol–water partition coefficient (Wildman–Crippen LogP) is 7.21. The zero-order valence-electron chi connectivity index (χ0n) is 22.4. The first-order valence-electron chi connectivity index (χ1n) is 12.4. The van der Waals surface area contributed by atoms with Crippen LogP contribution in [0.1, 0.15) is 50.7 Å². The number of hydrogen-bond donors (Lipinski definition) is 1. The predicted molar refractivity (Wildman–Crippen MR) is 164 cm³/mol. The van der Waals surface area contributed by atoms with E-state index in [2.05, 4.69) is 54.3 Å². The fourth-order valence-corrected chi connectivity index (χ4v) is 5.86. The summed E-state index contributed by atoms with van der Waals surface area (Å²) in [5, 5.41) is 1.11. The molecular weight excluding hydrogens is 596 g/mol. The smallest absolute Gasteiger partial charge is 0.285 e. The summed E-state index contributed by atoms with van der Waals surface area (Å²) in [6, 6.07) is 15.2. The zero-order valence-corrected chi connectivity index (χ0v) is 25.6. The maximum atomic E-state index is 13.1. The van der Waals surface area contributed by atoms with Gasteiger partial charge in [-0.3, -0.25) is 15.0 Å². The summed E-state index contributed by atoms with van der Waals surface area (Å²) in [5.41, 5.74) is 9.38. The lowest BCUT2D eigenvalue weighted by Crippen LogP contribution is -2.45. The standard InChI is InChI=1S/C30H29BrN2O4S2/c1-6-36-25-14-21(13-24(31)27(25)37-16-22-12-19(4)18(3)11-20(22)5)15-26-29(35)33(30(38)39-26)32-28(34)23-10-8-7-9-17(23)2/h7-15H,6,16H2,1-5H3,(H,32,34)/b26-15+. The Bertz CT molecular complexity index is 1500. The molecule has 0 aromatic heterocycles. The summed E-state index contributed by atoms with van der Waals surface area (Å²) in [6.07, 6.45) is 1.73. The molecule has 4 rings (SSSR count). The minimum absolute atomic E-state index is 0.251. The van der Waals surface area contributed by atoms with Crippen LogP contribution in [0, 0.1) is 27.7 Å². The van der Waals surface area contributed by atoms with Crippen molar-refractivity contribution in [3.63, 3.8) is 0 Å². The molecule has 3 aromatic carbocycles. The molecule has 6 nitrogen and oxygen atoms in total. The number of nitrogens with one attached hydrogen (secondary N) is 1. The molecule has 1 saturated heterocycles. The van der Waals surface area contributed by atoms with E-state index in [9.17, 15) is 9.59 Å². The van der Waals surface area contributed by atoms with Gasteiger partial charge in [-0.25, -0.2) is 0 Å². The molecule has 0 atom stereocenters. The second kappa shape index (κ2) is 12.4. The van der Waals surface area contributed by atoms with E-state index in [-0.39, 0.29) is 4.32 Å². The number of thioether (sulfide) groups is 1. The minimum Gasteiger partial charge on any atom is -0.490 e. The monoisotopic (exact) mass is 624 g/mol. The van der Waals surface area contributed by atoms with Gasteiger partial charge in [0.1, 0.15) is 6.61 Å². The number of hydrazine groups is 1. The van der Waals surface area contributed by atoms with Crippen LogP contribution in [0.5, 0.6) is 11.5 Å². The van der Waals surface area contributed by atoms with Crippen LogP contribution < -0.4 is 14.9 Å². The fraction of sp³-hybridized carbons (Fsp3) is 0.233. The number of ether oxygens (including phenoxy) is 2. The van der Waals surface area contributed by atoms with Crippen molar-refractivity contribution in [3.8, 4) is 11.5 Å². The highest BCUT2D eigenvalue weighted by molar-refractivity contribution is 9.10. The largest absolute Gasteiger partial charge is 0.490 e. The Labute approximate surface area is 246 Å². The van der Waals surface area contributed by atoms with E-state index in [1.165, 1.54) is 16.7 Å². The molecule has 202 valence electrons. The van der Waals surface area contributed by atoms with Crippen molar-refractivity contribution in [1.82, 2.24) is 10.4 Å². The Morgan fingerprint density at radius 3 is 2.46 bits per heavy atom. The lowest BCUT2D eigenvalue weighted by Gasteiger charge is -2.17. The Morgan fingerprint density at radius 2 is 1.74 bits per heavy atom. The molecule has 0 saturated carbocycles. The van der Waals surface area contributed by atoms with Crippen molar-refractivity contribution in [1.29, 1.82) is 0 Å². The number of aryl methyl sites for hydroxylation is 4. The first kappa shape index (κ1) is 28.9. The average Bonchev–Trinajstić information content (AvgIpc) is 3.14. The SMILES string of the molecule is CCOc1cc(/C=C2/SC(=S)N(NC(=O)c3ccccc3C)C2=O)cc(Br)c1OCc1cc(C)c(C)cc1C. The zero-order chi connectivity index (χ0) is 28.3. The van der Waals surface area contributed by atoms with Gasteiger partial charge in [0.15, 0.2) is 15.8 Å². The van der Waals surface area contributed by atoms with E-state index >= 15 is 0 Å². The van der Waals surface area contributed by atoms with Crippen LogP contribution in [0.3, 0.4) is 0 Å². The van der Waals surface area contributed by atoms with Crippen LogP contribution in [0.25, 0.3) is 6.08 Å². The molecule has 0 aliphatic carbocycles. The third-order valence-corrected chi connectivity index (χ3v) is 8.24. The topological polar surface area (TPSA) is 67.9 Å². The lowest BCUT2D eigenvalue weighted by atomic mass is 10.0. The molecule has 1 aliphatic heterocycles. The molecular formula is C30H29BrN2O4S2. The van der Waals surface area contributed by atoms with Crippen molar-refractivity contribution in [2.45, 2.75) is 41.2 Å². The highest BCUT2D eigenvalue weighted by Gasteiger charge is 2.34. The number of hydrogen-bond acceptors (Lipinski definition) is 6. The number of carbonyl (C=O) groups is 2. The fourth-order valence-electron chi connectivity index (χ4n) is 4.10. The van der Waals surface area contributed by atoms with Crippen molar-refractivity contribution in [2.75, 3.05) is 6.61 Å². The van der Waals surface area contributed by atoms with Crippen LogP contribution in [-0.2, 0) is 11.4 Å². The highest BCUT2D eigenvalue weighted by atomic mass is 79.9. The van der Waals surface area contributed by atoms with Crippen molar-refractivity contribution in [3.05, 3.63) is 96.9 Å². The van der Waals surface area contributed by atoms with Gasteiger partial charge in [0.25, 0.3) is 11.8 Å². The molecule has 0 radical (unpaired) electrons. The molecule has 1 heterocycles. The Hall–Kier alpha value is -3.14. The third kappa shape index (κ3) is 6.54. The maximum Gasteiger partial charge on any atom is 0.285 e. The van der Waals surface area contributed by atoms with Crippen molar-refractivity contribution in [2.24, 2.45) is 0 Å². The van der Waals surface area contributed by atoms with E-state index in [1.807, 2.05) is 38.1 Å². The van der Waals surface area contributed by atoms with E-state index in [0.717, 1.165) is 33.5 Å². The molecule has 0 bridgehead atoms. The van der Waals surface area contributed by atoms with Crippen molar-refractivity contribution >= 4 is 62.1 Å². The molecule has 1 aliphatic rings. The molecule has 0 spiro atoms. The van der Waals surface area contributed by atoms with Crippen LogP contribution in [0.15, 0.2) is 57.9 Å². The van der Waals surface area contributed by atoms with Gasteiger partial charge in [0.2, 0.25) is 0 Å². The molecule has 39 heavy (non-hydrogen) atoms. The van der Waals surface area contributed by atoms with Crippen molar-refractivity contribution < 1.29 is 19.1 Å². The van der Waals surface area contributed by atoms with Crippen LogP contribution >= 0.6 is 39.9 Å². The van der Waals surface area contributed by atoms with E-state index in [4.69, 9.17) is 21.7 Å². The van der Waals surface area contributed by atoms with Gasteiger partial charge in [0, 0.05) is 5.56 Å². The minimum atomic E-state index is -0.397. The molecule has 3 aromatic rings. The van der Waals surface area contributed by atoms with Crippen LogP contribution in [0.4, 0.5) is 0 Å². The number of thiocarbonyl (C=S) groups is 1. The quantitative estimate of drug-likeness (QED) is 0.211. The van der Waals surface area contributed by atoms with Gasteiger partial charge in [-0.05, 0) is 120 Å². The number of nitrogens with zero attached hydrogens (tertiary/aromatic N) is 1. The summed E-state index contributed by atoms with van der Waals surface area (Å²) in [7, 11) is 0. The Kier molecular flexibility index (Phi) is 9.15. The number of amides is 2. The first-order valence-corrected chi connectivity index (χ1v) is 14.4. The number of rotatable bonds is 8. The summed E-state index contributed by atoms with van der Waals surface area (Å²) in [5.74, 6) is 0.353. The maximum absolute atomic E-state index is 13.1. The number of benzene rings is 3. The van der Waals surface area contributed by atoms with E-state index < -0.39 is 11.8 Å². The number of carbonyl (C=O) groups excluding carboxylic acids is 2. The van der Waals surface area contributed by atoms with Gasteiger partial charge in [-0.2, -0.15) is 5.01 Å². The van der Waals surface area contributed by atoms with Gasteiger partial charge in [-0.15, -0.1) is 0 Å². The van der Waals surface area contributed by atoms with E-state index in [0.29, 0.717) is 39.7 Å². The summed E-state index contributed by atoms with van der Waals surface area (Å²) in [4.78, 5) is 26.3. The van der Waals surface area contributed by atoms with Crippen LogP contribution in [-0.4, -0.2) is 27.8 Å². The Balaban J connectivity index is 1.55. The molecule has 0 unspecified atom stereocenters. The molecule has 1 fully saturated rings. The first-order chi connectivity index (χ1) is 18.6. The third-order valence-electron chi connectivity index (χ3n) is 6.35. The van der Waals surface area contributed by atoms with Gasteiger partial charge in [-0.1, -0.05) is 42.1 Å². The van der Waals surface area contributed by atoms with Gasteiger partial charge < -0.3 is 9.47 Å². The second-order valence-electron chi connectivity index (χ2n) is 9.19. The van der Waals surface area contributed by atoms with Gasteiger partial charge >= 0.3 is 0 Å². The van der Waals surface area contributed by atoms with Gasteiger partial charge in [0.05, 0.1) is 16.0 Å².